The number of methoxy groups -OCH3 is 2. The summed E-state index contributed by atoms with van der Waals surface area (Å²) in [5, 5.41) is 10.3. The summed E-state index contributed by atoms with van der Waals surface area (Å²) in [4.78, 5) is 18.8. The topological polar surface area (TPSA) is 136 Å². The number of sulfonamides is 1. The minimum absolute atomic E-state index is 0.0302. The van der Waals surface area contributed by atoms with Gasteiger partial charge in [-0.2, -0.15) is 0 Å². The van der Waals surface area contributed by atoms with Gasteiger partial charge < -0.3 is 25.0 Å². The van der Waals surface area contributed by atoms with Gasteiger partial charge in [0, 0.05) is 37.3 Å². The second-order valence-corrected chi connectivity index (χ2v) is 10.5. The molecular weight excluding hydrogens is 458 g/mol. The molecule has 10 nitrogen and oxygen atoms in total. The number of primary sulfonamides is 1. The van der Waals surface area contributed by atoms with Gasteiger partial charge in [-0.1, -0.05) is 0 Å². The van der Waals surface area contributed by atoms with Crippen molar-refractivity contribution in [1.29, 1.82) is 0 Å². The van der Waals surface area contributed by atoms with Crippen molar-refractivity contribution >= 4 is 21.7 Å². The standard InChI is InChI=1S/C23H35N5O5S/c1-16-13-19(14-17(2)26-16)27-22(29)25-9-12-28-10-6-18(7-11-28)23(33-4)8-5-20(32-3)15-21(23)34(24,30)31/h5,8,13-15,18,21H,6-7,9-12H2,1-4H3,(H2,24,30,31)(H2,25,26,27,29). The SMILES string of the molecule is COC1=CC(S(N)(=O)=O)C(OC)(C2CCN(CCNC(=O)Nc3cc(C)nc(C)c3)CC2)C=C1. The van der Waals surface area contributed by atoms with Crippen molar-refractivity contribution in [2.75, 3.05) is 45.7 Å². The normalized spacial score (nSPS) is 23.9. The van der Waals surface area contributed by atoms with Crippen molar-refractivity contribution in [3.63, 3.8) is 0 Å². The fraction of sp³-hybridized carbons (Fsp3) is 0.565. The number of aromatic nitrogens is 1. The third-order valence-electron chi connectivity index (χ3n) is 6.49. The lowest BCUT2D eigenvalue weighted by atomic mass is 9.76. The van der Waals surface area contributed by atoms with Crippen LogP contribution in [0.4, 0.5) is 10.5 Å². The molecule has 2 unspecified atom stereocenters. The van der Waals surface area contributed by atoms with Crippen LogP contribution in [0.3, 0.4) is 0 Å². The molecule has 1 aromatic heterocycles. The van der Waals surface area contributed by atoms with Gasteiger partial charge in [-0.05, 0) is 76.1 Å². The van der Waals surface area contributed by atoms with E-state index in [0.29, 0.717) is 24.5 Å². The molecule has 2 aliphatic rings. The summed E-state index contributed by atoms with van der Waals surface area (Å²) in [6.07, 6.45) is 6.52. The van der Waals surface area contributed by atoms with Crippen LogP contribution >= 0.6 is 0 Å². The van der Waals surface area contributed by atoms with E-state index in [0.717, 1.165) is 37.3 Å². The van der Waals surface area contributed by atoms with E-state index < -0.39 is 20.9 Å². The van der Waals surface area contributed by atoms with Gasteiger partial charge in [-0.25, -0.2) is 18.4 Å². The molecule has 0 bridgehead atoms. The molecule has 34 heavy (non-hydrogen) atoms. The second kappa shape index (κ2) is 10.9. The summed E-state index contributed by atoms with van der Waals surface area (Å²) >= 11 is 0. The highest BCUT2D eigenvalue weighted by Gasteiger charge is 2.50. The molecule has 4 N–H and O–H groups in total. The molecule has 2 heterocycles. The molecular formula is C23H35N5O5S. The van der Waals surface area contributed by atoms with Crippen molar-refractivity contribution in [2.24, 2.45) is 11.1 Å². The number of hydrogen-bond donors (Lipinski definition) is 3. The van der Waals surface area contributed by atoms with E-state index in [1.54, 1.807) is 12.2 Å². The van der Waals surface area contributed by atoms with Crippen LogP contribution in [0.25, 0.3) is 0 Å². The largest absolute Gasteiger partial charge is 0.497 e. The Morgan fingerprint density at radius 3 is 2.44 bits per heavy atom. The average molecular weight is 494 g/mol. The number of hydrogen-bond acceptors (Lipinski definition) is 7. The molecule has 0 spiro atoms. The fourth-order valence-corrected chi connectivity index (χ4v) is 6.07. The van der Waals surface area contributed by atoms with Crippen molar-refractivity contribution in [1.82, 2.24) is 15.2 Å². The van der Waals surface area contributed by atoms with Crippen LogP contribution in [0.1, 0.15) is 24.2 Å². The monoisotopic (exact) mass is 493 g/mol. The van der Waals surface area contributed by atoms with Crippen LogP contribution in [0, 0.1) is 19.8 Å². The van der Waals surface area contributed by atoms with E-state index in [9.17, 15) is 13.2 Å². The Bertz CT molecular complexity index is 1030. The van der Waals surface area contributed by atoms with E-state index in [1.165, 1.54) is 20.3 Å². The van der Waals surface area contributed by atoms with Crippen molar-refractivity contribution in [3.8, 4) is 0 Å². The van der Waals surface area contributed by atoms with Crippen LogP contribution in [-0.2, 0) is 19.5 Å². The first-order valence-electron chi connectivity index (χ1n) is 11.3. The molecule has 3 rings (SSSR count). The zero-order valence-corrected chi connectivity index (χ0v) is 21.0. The molecule has 0 saturated carbocycles. The summed E-state index contributed by atoms with van der Waals surface area (Å²) in [6, 6.07) is 3.38. The number of carbonyl (C=O) groups excluding carboxylic acids is 1. The van der Waals surface area contributed by atoms with Crippen molar-refractivity contribution in [2.45, 2.75) is 37.5 Å². The Morgan fingerprint density at radius 1 is 1.24 bits per heavy atom. The van der Waals surface area contributed by atoms with E-state index in [1.807, 2.05) is 26.0 Å². The van der Waals surface area contributed by atoms with E-state index >= 15 is 0 Å². The predicted octanol–water partition coefficient (Wildman–Crippen LogP) is 1.67. The number of carbonyl (C=O) groups is 1. The Hall–Kier alpha value is -2.47. The van der Waals surface area contributed by atoms with Crippen LogP contribution in [0.5, 0.6) is 0 Å². The quantitative estimate of drug-likeness (QED) is 0.501. The highest BCUT2D eigenvalue weighted by atomic mass is 32.2. The van der Waals surface area contributed by atoms with Crippen molar-refractivity contribution < 1.29 is 22.7 Å². The summed E-state index contributed by atoms with van der Waals surface area (Å²) in [5.41, 5.74) is 1.36. The number of allylic oxidation sites excluding steroid dienone is 1. The second-order valence-electron chi connectivity index (χ2n) is 8.81. The molecule has 2 atom stereocenters. The third-order valence-corrected chi connectivity index (χ3v) is 7.70. The number of urea groups is 1. The number of nitrogens with one attached hydrogen (secondary N) is 2. The molecule has 1 aliphatic carbocycles. The van der Waals surface area contributed by atoms with Crippen LogP contribution in [-0.4, -0.2) is 75.6 Å². The van der Waals surface area contributed by atoms with Gasteiger partial charge >= 0.3 is 6.03 Å². The minimum atomic E-state index is -3.91. The molecule has 1 saturated heterocycles. The Balaban J connectivity index is 1.53. The Morgan fingerprint density at radius 2 is 1.88 bits per heavy atom. The molecule has 0 aromatic carbocycles. The fourth-order valence-electron chi connectivity index (χ4n) is 4.87. The van der Waals surface area contributed by atoms with Crippen LogP contribution in [0.2, 0.25) is 0 Å². The van der Waals surface area contributed by atoms with E-state index in [2.05, 4.69) is 20.5 Å². The number of piperidine rings is 1. The number of anilines is 1. The first-order chi connectivity index (χ1) is 16.1. The zero-order chi connectivity index (χ0) is 24.9. The van der Waals surface area contributed by atoms with Crippen LogP contribution < -0.4 is 15.8 Å². The lowest BCUT2D eigenvalue weighted by molar-refractivity contribution is -0.0369. The molecule has 1 fully saturated rings. The number of aryl methyl sites for hydroxylation is 2. The summed E-state index contributed by atoms with van der Waals surface area (Å²) in [6.45, 7) is 6.47. The van der Waals surface area contributed by atoms with Gasteiger partial charge in [0.25, 0.3) is 0 Å². The number of nitrogens with two attached hydrogens (primary N) is 1. The first kappa shape index (κ1) is 26.1. The number of rotatable bonds is 8. The predicted molar refractivity (Wildman–Crippen MR) is 131 cm³/mol. The van der Waals surface area contributed by atoms with Gasteiger partial charge in [0.1, 0.15) is 16.6 Å². The first-order valence-corrected chi connectivity index (χ1v) is 12.9. The minimum Gasteiger partial charge on any atom is -0.497 e. The van der Waals surface area contributed by atoms with Gasteiger partial charge in [-0.15, -0.1) is 0 Å². The Labute approximate surface area is 201 Å². The number of ether oxygens (including phenoxy) is 2. The smallest absolute Gasteiger partial charge is 0.319 e. The maximum Gasteiger partial charge on any atom is 0.319 e. The highest BCUT2D eigenvalue weighted by molar-refractivity contribution is 7.90. The van der Waals surface area contributed by atoms with Crippen molar-refractivity contribution in [3.05, 3.63) is 47.5 Å². The molecule has 1 aromatic rings. The van der Waals surface area contributed by atoms with E-state index in [-0.39, 0.29) is 11.9 Å². The molecule has 11 heteroatoms. The lowest BCUT2D eigenvalue weighted by Gasteiger charge is -2.46. The third kappa shape index (κ3) is 6.15. The maximum absolute atomic E-state index is 12.4. The number of amides is 2. The van der Waals surface area contributed by atoms with Gasteiger partial charge in [0.05, 0.1) is 7.11 Å². The molecule has 188 valence electrons. The average Bonchev–Trinajstić information content (AvgIpc) is 2.77. The van der Waals surface area contributed by atoms with Gasteiger partial charge in [-0.3, -0.25) is 4.98 Å². The summed E-state index contributed by atoms with van der Waals surface area (Å²) in [5.74, 6) is 0.419. The highest BCUT2D eigenvalue weighted by Crippen LogP contribution is 2.40. The zero-order valence-electron chi connectivity index (χ0n) is 20.2. The van der Waals surface area contributed by atoms with Gasteiger partial charge in [0.2, 0.25) is 10.0 Å². The molecule has 1 aliphatic heterocycles. The number of pyridine rings is 1. The summed E-state index contributed by atoms with van der Waals surface area (Å²) < 4.78 is 35.9. The van der Waals surface area contributed by atoms with E-state index in [4.69, 9.17) is 14.6 Å². The Kier molecular flexibility index (Phi) is 8.34. The summed E-state index contributed by atoms with van der Waals surface area (Å²) in [7, 11) is -0.900. The van der Waals surface area contributed by atoms with Gasteiger partial charge in [0.15, 0.2) is 0 Å². The molecule has 2 amide bonds. The lowest BCUT2D eigenvalue weighted by Crippen LogP contribution is -2.57. The number of likely N-dealkylation sites (tertiary alicyclic amines) is 1. The van der Waals surface area contributed by atoms with Crippen LogP contribution in [0.15, 0.2) is 36.1 Å². The molecule has 0 radical (unpaired) electrons. The maximum atomic E-state index is 12.4. The number of nitrogens with zero attached hydrogens (tertiary/aromatic N) is 2.